The van der Waals surface area contributed by atoms with Gasteiger partial charge in [0.1, 0.15) is 5.75 Å². The van der Waals surface area contributed by atoms with E-state index in [0.29, 0.717) is 5.12 Å². The predicted molar refractivity (Wildman–Crippen MR) is 41.5 cm³/mol. The van der Waals surface area contributed by atoms with Gasteiger partial charge in [-0.1, -0.05) is 18.2 Å². The van der Waals surface area contributed by atoms with Crippen LogP contribution in [0.3, 0.4) is 0 Å². The highest BCUT2D eigenvalue weighted by atomic mass is 16.6. The Morgan fingerprint density at radius 3 is 2.75 bits per heavy atom. The number of rotatable bonds is 1. The third-order valence-corrected chi connectivity index (χ3v) is 1.09. The first-order valence-electron chi connectivity index (χ1n) is 3.18. The molecule has 5 nitrogen and oxygen atoms in total. The number of amides is 1. The largest absolute Gasteiger partial charge is 0.444 e. The van der Waals surface area contributed by atoms with Crippen LogP contribution in [0.1, 0.15) is 0 Å². The van der Waals surface area contributed by atoms with Crippen LogP contribution < -0.4 is 16.4 Å². The first-order chi connectivity index (χ1) is 5.70. The van der Waals surface area contributed by atoms with Gasteiger partial charge in [0.2, 0.25) is 0 Å². The zero-order valence-corrected chi connectivity index (χ0v) is 6.23. The molecule has 0 saturated carbocycles. The van der Waals surface area contributed by atoms with E-state index >= 15 is 0 Å². The van der Waals surface area contributed by atoms with Crippen LogP contribution in [0.25, 0.3) is 0 Å². The zero-order valence-electron chi connectivity index (χ0n) is 6.23. The number of ether oxygens (including phenoxy) is 1. The molecule has 12 heavy (non-hydrogen) atoms. The number of nitrogens with two attached hydrogens (primary N) is 2. The predicted octanol–water partition coefficient (Wildman–Crippen LogP) is 0.0350. The van der Waals surface area contributed by atoms with Gasteiger partial charge < -0.3 is 4.74 Å². The van der Waals surface area contributed by atoms with Crippen molar-refractivity contribution in [2.24, 2.45) is 11.7 Å². The van der Waals surface area contributed by atoms with Gasteiger partial charge in [-0.25, -0.2) is 16.5 Å². The molecule has 0 saturated heterocycles. The first kappa shape index (κ1) is 8.51. The molecule has 0 aliphatic rings. The molecule has 0 atom stereocenters. The average Bonchev–Trinajstić information content (AvgIpc) is 2.06. The summed E-state index contributed by atoms with van der Waals surface area (Å²) >= 11 is 0. The van der Waals surface area contributed by atoms with E-state index in [1.54, 1.807) is 24.3 Å². The fourth-order valence-corrected chi connectivity index (χ4v) is 0.587. The standard InChI is InChI=1S/C7H8N3O2/c8-10(9)7(11)12-6-4-2-1-3-5-6/h1-4H,8-9H2. The summed E-state index contributed by atoms with van der Waals surface area (Å²) in [4.78, 5) is 10.7. The van der Waals surface area contributed by atoms with Gasteiger partial charge in [-0.15, -0.1) is 0 Å². The number of hydrogen-bond acceptors (Lipinski definition) is 4. The van der Waals surface area contributed by atoms with Gasteiger partial charge in [0, 0.05) is 6.07 Å². The number of carbonyl (C=O) groups excluding carboxylic acids is 1. The van der Waals surface area contributed by atoms with Gasteiger partial charge in [0.25, 0.3) is 0 Å². The molecule has 0 aromatic heterocycles. The Balaban J connectivity index is 2.59. The molecule has 1 amide bonds. The molecular weight excluding hydrogens is 158 g/mol. The summed E-state index contributed by atoms with van der Waals surface area (Å²) < 4.78 is 4.66. The zero-order chi connectivity index (χ0) is 8.97. The molecule has 1 aromatic carbocycles. The SMILES string of the molecule is NN(N)C(=O)Oc1[c]cccc1. The molecule has 1 radical (unpaired) electrons. The number of hydrogen-bond donors (Lipinski definition) is 2. The highest BCUT2D eigenvalue weighted by Gasteiger charge is 2.06. The lowest BCUT2D eigenvalue weighted by atomic mass is 10.3. The molecule has 0 fully saturated rings. The van der Waals surface area contributed by atoms with Crippen molar-refractivity contribution in [3.8, 4) is 5.75 Å². The van der Waals surface area contributed by atoms with E-state index in [0.717, 1.165) is 0 Å². The third-order valence-electron chi connectivity index (χ3n) is 1.09. The maximum absolute atomic E-state index is 10.7. The van der Waals surface area contributed by atoms with Crippen LogP contribution in [0.5, 0.6) is 5.75 Å². The fraction of sp³-hybridized carbons (Fsp3) is 0. The van der Waals surface area contributed by atoms with Crippen molar-refractivity contribution >= 4 is 6.09 Å². The maximum Gasteiger partial charge on any atom is 0.444 e. The minimum atomic E-state index is -0.836. The number of hydrazine groups is 2. The number of carbonyl (C=O) groups is 1. The van der Waals surface area contributed by atoms with Crippen molar-refractivity contribution in [3.63, 3.8) is 0 Å². The third kappa shape index (κ3) is 2.22. The number of benzene rings is 1. The second-order valence-corrected chi connectivity index (χ2v) is 2.00. The van der Waals surface area contributed by atoms with E-state index < -0.39 is 6.09 Å². The minimum absolute atomic E-state index is 0.281. The Hall–Kier alpha value is -1.59. The Morgan fingerprint density at radius 2 is 2.25 bits per heavy atom. The lowest BCUT2D eigenvalue weighted by molar-refractivity contribution is 0.153. The van der Waals surface area contributed by atoms with E-state index in [9.17, 15) is 4.79 Å². The van der Waals surface area contributed by atoms with Crippen molar-refractivity contribution < 1.29 is 9.53 Å². The summed E-state index contributed by atoms with van der Waals surface area (Å²) in [5, 5.41) is 0.362. The highest BCUT2D eigenvalue weighted by molar-refractivity contribution is 5.69. The summed E-state index contributed by atoms with van der Waals surface area (Å²) in [6, 6.07) is 9.31. The Morgan fingerprint density at radius 1 is 1.50 bits per heavy atom. The normalized spacial score (nSPS) is 9.17. The van der Waals surface area contributed by atoms with Gasteiger partial charge >= 0.3 is 6.09 Å². The van der Waals surface area contributed by atoms with E-state index in [4.69, 9.17) is 11.7 Å². The Labute approximate surface area is 69.5 Å². The van der Waals surface area contributed by atoms with Gasteiger partial charge in [0.15, 0.2) is 0 Å². The molecule has 63 valence electrons. The summed E-state index contributed by atoms with van der Waals surface area (Å²) in [5.41, 5.74) is 0. The number of para-hydroxylation sites is 1. The smallest absolute Gasteiger partial charge is 0.408 e. The highest BCUT2D eigenvalue weighted by Crippen LogP contribution is 2.07. The second-order valence-electron chi connectivity index (χ2n) is 2.00. The second kappa shape index (κ2) is 3.70. The molecule has 5 heteroatoms. The molecule has 0 unspecified atom stereocenters. The lowest BCUT2D eigenvalue weighted by Crippen LogP contribution is -2.45. The molecule has 0 aliphatic carbocycles. The quantitative estimate of drug-likeness (QED) is 0.350. The van der Waals surface area contributed by atoms with Crippen LogP contribution in [-0.2, 0) is 0 Å². The van der Waals surface area contributed by atoms with Crippen molar-refractivity contribution in [1.82, 2.24) is 5.12 Å². The lowest BCUT2D eigenvalue weighted by Gasteiger charge is -2.08. The molecule has 1 aromatic rings. The van der Waals surface area contributed by atoms with E-state index in [2.05, 4.69) is 10.8 Å². The molecule has 1 rings (SSSR count). The van der Waals surface area contributed by atoms with Gasteiger partial charge in [-0.3, -0.25) is 0 Å². The van der Waals surface area contributed by atoms with Gasteiger partial charge in [0.05, 0.1) is 0 Å². The fourth-order valence-electron chi connectivity index (χ4n) is 0.587. The molecule has 0 spiro atoms. The summed E-state index contributed by atoms with van der Waals surface area (Å²) in [6.07, 6.45) is -0.836. The average molecular weight is 166 g/mol. The van der Waals surface area contributed by atoms with Crippen LogP contribution in [0.15, 0.2) is 24.3 Å². The molecule has 0 heterocycles. The van der Waals surface area contributed by atoms with Gasteiger partial charge in [-0.05, 0) is 6.07 Å². The molecule has 4 N–H and O–H groups in total. The van der Waals surface area contributed by atoms with Crippen LogP contribution >= 0.6 is 0 Å². The van der Waals surface area contributed by atoms with Crippen LogP contribution in [0.4, 0.5) is 4.79 Å². The van der Waals surface area contributed by atoms with E-state index in [-0.39, 0.29) is 5.75 Å². The van der Waals surface area contributed by atoms with E-state index in [1.165, 1.54) is 0 Å². The number of nitrogens with zero attached hydrogens (tertiary/aromatic N) is 1. The summed E-state index contributed by atoms with van der Waals surface area (Å²) in [5.74, 6) is 10.1. The molecule has 0 aliphatic heterocycles. The first-order valence-corrected chi connectivity index (χ1v) is 3.18. The minimum Gasteiger partial charge on any atom is -0.408 e. The van der Waals surface area contributed by atoms with Crippen molar-refractivity contribution in [2.45, 2.75) is 0 Å². The monoisotopic (exact) mass is 166 g/mol. The van der Waals surface area contributed by atoms with Crippen LogP contribution in [-0.4, -0.2) is 11.2 Å². The topological polar surface area (TPSA) is 81.6 Å². The van der Waals surface area contributed by atoms with E-state index in [1.807, 2.05) is 0 Å². The summed E-state index contributed by atoms with van der Waals surface area (Å²) in [6.45, 7) is 0. The Kier molecular flexibility index (Phi) is 2.62. The van der Waals surface area contributed by atoms with Gasteiger partial charge in [-0.2, -0.15) is 5.12 Å². The van der Waals surface area contributed by atoms with Crippen LogP contribution in [0, 0.1) is 6.07 Å². The summed E-state index contributed by atoms with van der Waals surface area (Å²) in [7, 11) is 0. The van der Waals surface area contributed by atoms with Crippen molar-refractivity contribution in [1.29, 1.82) is 0 Å². The molecule has 0 bridgehead atoms. The Bertz CT molecular complexity index is 261. The van der Waals surface area contributed by atoms with Crippen LogP contribution in [0.2, 0.25) is 0 Å². The maximum atomic E-state index is 10.7. The van der Waals surface area contributed by atoms with Crippen molar-refractivity contribution in [2.75, 3.05) is 0 Å². The van der Waals surface area contributed by atoms with Crippen molar-refractivity contribution in [3.05, 3.63) is 30.3 Å². The molecular formula is C7H8N3O2.